The third-order valence-corrected chi connectivity index (χ3v) is 5.85. The molecule has 3 heterocycles. The molecule has 1 atom stereocenters. The Hall–Kier alpha value is -2.63. The summed E-state index contributed by atoms with van der Waals surface area (Å²) < 4.78 is 0. The fourth-order valence-corrected chi connectivity index (χ4v) is 4.22. The number of piperidine rings is 1. The van der Waals surface area contributed by atoms with Crippen LogP contribution in [-0.2, 0) is 0 Å². The number of carbonyl (C=O) groups is 1. The first-order chi connectivity index (χ1) is 13.7. The molecule has 2 saturated heterocycles. The number of benzene rings is 1. The van der Waals surface area contributed by atoms with Gasteiger partial charge in [-0.15, -0.1) is 0 Å². The summed E-state index contributed by atoms with van der Waals surface area (Å²) in [6, 6.07) is 8.71. The predicted molar refractivity (Wildman–Crippen MR) is 112 cm³/mol. The molecule has 0 spiro atoms. The Labute approximate surface area is 167 Å². The van der Waals surface area contributed by atoms with Crippen LogP contribution in [0.15, 0.2) is 36.7 Å². The fourth-order valence-electron chi connectivity index (χ4n) is 4.22. The van der Waals surface area contributed by atoms with Gasteiger partial charge in [-0.1, -0.05) is 6.92 Å². The Morgan fingerprint density at radius 2 is 1.71 bits per heavy atom. The van der Waals surface area contributed by atoms with Crippen LogP contribution in [0.5, 0.6) is 0 Å². The Bertz CT molecular complexity index is 784. The van der Waals surface area contributed by atoms with Gasteiger partial charge in [0.15, 0.2) is 0 Å². The van der Waals surface area contributed by atoms with E-state index in [1.807, 2.05) is 4.90 Å². The highest BCUT2D eigenvalue weighted by molar-refractivity contribution is 5.94. The van der Waals surface area contributed by atoms with Crippen LogP contribution >= 0.6 is 0 Å². The molecule has 0 aliphatic carbocycles. The van der Waals surface area contributed by atoms with E-state index < -0.39 is 0 Å². The molecule has 1 aromatic heterocycles. The zero-order valence-corrected chi connectivity index (χ0v) is 16.6. The molecule has 28 heavy (non-hydrogen) atoms. The zero-order chi connectivity index (χ0) is 19.3. The minimum absolute atomic E-state index is 0.0491. The molecule has 1 amide bonds. The minimum Gasteiger partial charge on any atom is -0.372 e. The molecular formula is C22H29N5O. The van der Waals surface area contributed by atoms with E-state index in [1.165, 1.54) is 24.9 Å². The van der Waals surface area contributed by atoms with Gasteiger partial charge in [-0.25, -0.2) is 9.97 Å². The van der Waals surface area contributed by atoms with Crippen molar-refractivity contribution >= 4 is 23.2 Å². The van der Waals surface area contributed by atoms with Crippen molar-refractivity contribution in [3.63, 3.8) is 0 Å². The first-order valence-electron chi connectivity index (χ1n) is 10.5. The van der Waals surface area contributed by atoms with Crippen LogP contribution in [0.4, 0.5) is 17.3 Å². The number of hydrogen-bond acceptors (Lipinski definition) is 5. The summed E-state index contributed by atoms with van der Waals surface area (Å²) in [5.41, 5.74) is 2.77. The SMILES string of the molecule is CCC1CCCCN1C(=O)c1cnc(Nc2ccc(N3CCCC3)cc2)nc1. The second-order valence-corrected chi connectivity index (χ2v) is 7.72. The Morgan fingerprint density at radius 1 is 1.04 bits per heavy atom. The lowest BCUT2D eigenvalue weighted by Crippen LogP contribution is -2.43. The minimum atomic E-state index is 0.0491. The molecular weight excluding hydrogens is 350 g/mol. The lowest BCUT2D eigenvalue weighted by atomic mass is 9.99. The van der Waals surface area contributed by atoms with E-state index in [0.29, 0.717) is 17.6 Å². The lowest BCUT2D eigenvalue weighted by Gasteiger charge is -2.35. The Morgan fingerprint density at radius 3 is 2.39 bits per heavy atom. The average Bonchev–Trinajstić information content (AvgIpc) is 3.29. The number of anilines is 3. The highest BCUT2D eigenvalue weighted by atomic mass is 16.2. The van der Waals surface area contributed by atoms with E-state index >= 15 is 0 Å². The molecule has 148 valence electrons. The summed E-state index contributed by atoms with van der Waals surface area (Å²) in [5, 5.41) is 3.22. The van der Waals surface area contributed by atoms with Crippen molar-refractivity contribution in [3.05, 3.63) is 42.2 Å². The fraction of sp³-hybridized carbons (Fsp3) is 0.500. The largest absolute Gasteiger partial charge is 0.372 e. The smallest absolute Gasteiger partial charge is 0.257 e. The van der Waals surface area contributed by atoms with Gasteiger partial charge in [0.2, 0.25) is 5.95 Å². The van der Waals surface area contributed by atoms with Crippen molar-refractivity contribution in [1.82, 2.24) is 14.9 Å². The molecule has 0 bridgehead atoms. The summed E-state index contributed by atoms with van der Waals surface area (Å²) in [5.74, 6) is 0.559. The molecule has 1 N–H and O–H groups in total. The predicted octanol–water partition coefficient (Wildman–Crippen LogP) is 4.23. The molecule has 2 aromatic rings. The molecule has 1 aromatic carbocycles. The number of nitrogens with zero attached hydrogens (tertiary/aromatic N) is 4. The van der Waals surface area contributed by atoms with Crippen molar-refractivity contribution < 1.29 is 4.79 Å². The van der Waals surface area contributed by atoms with Crippen LogP contribution in [0, 0.1) is 0 Å². The van der Waals surface area contributed by atoms with Gasteiger partial charge in [0.05, 0.1) is 5.56 Å². The Balaban J connectivity index is 1.39. The first kappa shape index (κ1) is 18.7. The van der Waals surface area contributed by atoms with Gasteiger partial charge in [0, 0.05) is 49.4 Å². The van der Waals surface area contributed by atoms with Crippen LogP contribution in [0.3, 0.4) is 0 Å². The molecule has 2 aliphatic heterocycles. The van der Waals surface area contributed by atoms with E-state index in [2.05, 4.69) is 51.4 Å². The molecule has 6 nitrogen and oxygen atoms in total. The number of nitrogens with one attached hydrogen (secondary N) is 1. The highest BCUT2D eigenvalue weighted by Crippen LogP contribution is 2.24. The summed E-state index contributed by atoms with van der Waals surface area (Å²) >= 11 is 0. The standard InChI is InChI=1S/C22H29N5O/c1-2-19-7-3-4-14-27(19)21(28)17-15-23-22(24-16-17)25-18-8-10-20(11-9-18)26-12-5-6-13-26/h8-11,15-16,19H,2-7,12-14H2,1H3,(H,23,24,25). The second kappa shape index (κ2) is 8.59. The third kappa shape index (κ3) is 4.11. The maximum Gasteiger partial charge on any atom is 0.257 e. The van der Waals surface area contributed by atoms with Gasteiger partial charge in [0.1, 0.15) is 0 Å². The van der Waals surface area contributed by atoms with E-state index in [1.54, 1.807) is 12.4 Å². The Kier molecular flexibility index (Phi) is 5.74. The van der Waals surface area contributed by atoms with E-state index in [4.69, 9.17) is 0 Å². The van der Waals surface area contributed by atoms with Crippen molar-refractivity contribution in [2.24, 2.45) is 0 Å². The van der Waals surface area contributed by atoms with Gasteiger partial charge in [-0.3, -0.25) is 4.79 Å². The summed E-state index contributed by atoms with van der Waals surface area (Å²) in [6.07, 6.45) is 10.2. The van der Waals surface area contributed by atoms with Gasteiger partial charge < -0.3 is 15.1 Å². The van der Waals surface area contributed by atoms with E-state index in [-0.39, 0.29) is 5.91 Å². The third-order valence-electron chi connectivity index (χ3n) is 5.85. The zero-order valence-electron chi connectivity index (χ0n) is 16.6. The number of amides is 1. The lowest BCUT2D eigenvalue weighted by molar-refractivity contribution is 0.0607. The van der Waals surface area contributed by atoms with Crippen LogP contribution in [0.25, 0.3) is 0 Å². The molecule has 2 aliphatic rings. The monoisotopic (exact) mass is 379 g/mol. The average molecular weight is 380 g/mol. The molecule has 4 rings (SSSR count). The van der Waals surface area contributed by atoms with Crippen LogP contribution < -0.4 is 10.2 Å². The van der Waals surface area contributed by atoms with Gasteiger partial charge in [0.25, 0.3) is 5.91 Å². The van der Waals surface area contributed by atoms with Crippen molar-refractivity contribution in [3.8, 4) is 0 Å². The maximum atomic E-state index is 12.8. The summed E-state index contributed by atoms with van der Waals surface area (Å²) in [6.45, 7) is 5.26. The van der Waals surface area contributed by atoms with Gasteiger partial charge >= 0.3 is 0 Å². The van der Waals surface area contributed by atoms with Crippen LogP contribution in [-0.4, -0.2) is 46.5 Å². The van der Waals surface area contributed by atoms with Gasteiger partial charge in [-0.2, -0.15) is 0 Å². The van der Waals surface area contributed by atoms with E-state index in [0.717, 1.165) is 44.6 Å². The molecule has 2 fully saturated rings. The van der Waals surface area contributed by atoms with Crippen molar-refractivity contribution in [2.75, 3.05) is 29.9 Å². The molecule has 6 heteroatoms. The first-order valence-corrected chi connectivity index (χ1v) is 10.5. The summed E-state index contributed by atoms with van der Waals surface area (Å²) in [7, 11) is 0. The number of hydrogen-bond donors (Lipinski definition) is 1. The van der Waals surface area contributed by atoms with Crippen LogP contribution in [0.1, 0.15) is 55.8 Å². The molecule has 0 saturated carbocycles. The number of aromatic nitrogens is 2. The van der Waals surface area contributed by atoms with Gasteiger partial charge in [-0.05, 0) is 62.8 Å². The topological polar surface area (TPSA) is 61.4 Å². The quantitative estimate of drug-likeness (QED) is 0.843. The molecule has 1 unspecified atom stereocenters. The number of rotatable bonds is 5. The number of likely N-dealkylation sites (tertiary alicyclic amines) is 1. The van der Waals surface area contributed by atoms with Crippen LogP contribution in [0.2, 0.25) is 0 Å². The van der Waals surface area contributed by atoms with Crippen molar-refractivity contribution in [1.29, 1.82) is 0 Å². The maximum absolute atomic E-state index is 12.8. The number of carbonyl (C=O) groups excluding carboxylic acids is 1. The second-order valence-electron chi connectivity index (χ2n) is 7.72. The highest BCUT2D eigenvalue weighted by Gasteiger charge is 2.26. The normalized spacial score (nSPS) is 19.7. The van der Waals surface area contributed by atoms with E-state index in [9.17, 15) is 4.79 Å². The van der Waals surface area contributed by atoms with Crippen molar-refractivity contribution in [2.45, 2.75) is 51.5 Å². The molecule has 0 radical (unpaired) electrons. The summed E-state index contributed by atoms with van der Waals surface area (Å²) in [4.78, 5) is 25.9.